The average molecular weight is 491 g/mol. The Balaban J connectivity index is 0.00000364. The molecule has 0 aliphatic heterocycles. The minimum absolute atomic E-state index is 0. The molecule has 8 heteroatoms. The summed E-state index contributed by atoms with van der Waals surface area (Å²) in [6, 6.07) is 9.43. The molecule has 0 radical (unpaired) electrons. The van der Waals surface area contributed by atoms with E-state index in [2.05, 4.69) is 15.6 Å². The largest absolute Gasteiger partial charge is 0.496 e. The van der Waals surface area contributed by atoms with Crippen LogP contribution in [0.25, 0.3) is 0 Å². The number of halogens is 3. The fraction of sp³-hybridized carbons (Fsp3) is 0.316. The number of aryl methyl sites for hydroxylation is 1. The van der Waals surface area contributed by atoms with Crippen LogP contribution in [0, 0.1) is 18.6 Å². The number of ether oxygens (including phenoxy) is 2. The monoisotopic (exact) mass is 491 g/mol. The van der Waals surface area contributed by atoms with Crippen LogP contribution in [0.3, 0.4) is 0 Å². The quantitative estimate of drug-likeness (QED) is 0.269. The Kier molecular flexibility index (Phi) is 9.84. The first kappa shape index (κ1) is 22.9. The second-order valence-electron chi connectivity index (χ2n) is 5.59. The fourth-order valence-corrected chi connectivity index (χ4v) is 2.30. The van der Waals surface area contributed by atoms with Gasteiger partial charge in [0.15, 0.2) is 17.6 Å². The van der Waals surface area contributed by atoms with Crippen LogP contribution in [0.5, 0.6) is 11.5 Å². The molecule has 2 N–H and O–H groups in total. The van der Waals surface area contributed by atoms with Crippen LogP contribution in [0.4, 0.5) is 8.78 Å². The lowest BCUT2D eigenvalue weighted by atomic mass is 10.1. The zero-order valence-electron chi connectivity index (χ0n) is 15.5. The lowest BCUT2D eigenvalue weighted by Gasteiger charge is -2.14. The molecule has 2 rings (SSSR count). The second kappa shape index (κ2) is 11.6. The highest BCUT2D eigenvalue weighted by atomic mass is 127. The molecule has 0 aliphatic rings. The van der Waals surface area contributed by atoms with Gasteiger partial charge in [-0.25, -0.2) is 8.78 Å². The van der Waals surface area contributed by atoms with Gasteiger partial charge in [-0.3, -0.25) is 4.99 Å². The topological polar surface area (TPSA) is 54.9 Å². The van der Waals surface area contributed by atoms with Crippen LogP contribution in [0.1, 0.15) is 11.1 Å². The maximum atomic E-state index is 13.1. The molecule has 27 heavy (non-hydrogen) atoms. The highest BCUT2D eigenvalue weighted by Crippen LogP contribution is 2.19. The first-order chi connectivity index (χ1) is 12.5. The number of hydrogen-bond donors (Lipinski definition) is 2. The zero-order valence-corrected chi connectivity index (χ0v) is 17.8. The summed E-state index contributed by atoms with van der Waals surface area (Å²) in [5.74, 6) is -0.138. The number of nitrogens with zero attached hydrogens (tertiary/aromatic N) is 1. The third-order valence-electron chi connectivity index (χ3n) is 3.67. The Bertz CT molecular complexity index is 773. The van der Waals surface area contributed by atoms with Gasteiger partial charge in [-0.1, -0.05) is 12.1 Å². The molecule has 0 aromatic heterocycles. The van der Waals surface area contributed by atoms with E-state index in [1.807, 2.05) is 25.1 Å². The van der Waals surface area contributed by atoms with Crippen LogP contribution in [-0.2, 0) is 6.54 Å². The minimum Gasteiger partial charge on any atom is -0.496 e. The molecule has 0 aliphatic carbocycles. The van der Waals surface area contributed by atoms with Gasteiger partial charge >= 0.3 is 0 Å². The van der Waals surface area contributed by atoms with Gasteiger partial charge in [-0.15, -0.1) is 24.0 Å². The molecule has 0 atom stereocenters. The summed E-state index contributed by atoms with van der Waals surface area (Å²) in [6.45, 7) is 3.28. The number of benzene rings is 2. The van der Waals surface area contributed by atoms with E-state index in [0.29, 0.717) is 19.0 Å². The maximum Gasteiger partial charge on any atom is 0.191 e. The molecule has 2 aromatic rings. The van der Waals surface area contributed by atoms with E-state index in [9.17, 15) is 8.78 Å². The van der Waals surface area contributed by atoms with Crippen molar-refractivity contribution >= 4 is 29.9 Å². The maximum absolute atomic E-state index is 13.1. The zero-order chi connectivity index (χ0) is 18.9. The molecule has 0 heterocycles. The summed E-state index contributed by atoms with van der Waals surface area (Å²) in [5.41, 5.74) is 2.14. The van der Waals surface area contributed by atoms with Crippen molar-refractivity contribution in [2.24, 2.45) is 4.99 Å². The Morgan fingerprint density at radius 1 is 1.07 bits per heavy atom. The number of methoxy groups -OCH3 is 1. The number of hydrogen-bond acceptors (Lipinski definition) is 3. The average Bonchev–Trinajstić information content (AvgIpc) is 2.64. The van der Waals surface area contributed by atoms with Crippen LogP contribution in [-0.4, -0.2) is 33.3 Å². The summed E-state index contributed by atoms with van der Waals surface area (Å²) >= 11 is 0. The van der Waals surface area contributed by atoms with Crippen molar-refractivity contribution in [3.05, 3.63) is 59.2 Å². The highest BCUT2D eigenvalue weighted by molar-refractivity contribution is 14.0. The third-order valence-corrected chi connectivity index (χ3v) is 3.67. The molecule has 5 nitrogen and oxygen atoms in total. The predicted molar refractivity (Wildman–Crippen MR) is 113 cm³/mol. The molecule has 0 fully saturated rings. The first-order valence-corrected chi connectivity index (χ1v) is 8.19. The molecule has 148 valence electrons. The Hall–Kier alpha value is -2.10. The van der Waals surface area contributed by atoms with Crippen LogP contribution < -0.4 is 20.1 Å². The van der Waals surface area contributed by atoms with Gasteiger partial charge in [0, 0.05) is 25.2 Å². The lowest BCUT2D eigenvalue weighted by Crippen LogP contribution is -2.38. The first-order valence-electron chi connectivity index (χ1n) is 8.19. The van der Waals surface area contributed by atoms with E-state index >= 15 is 0 Å². The summed E-state index contributed by atoms with van der Waals surface area (Å²) in [5, 5.41) is 6.28. The summed E-state index contributed by atoms with van der Waals surface area (Å²) in [7, 11) is 3.30. The summed E-state index contributed by atoms with van der Waals surface area (Å²) < 4.78 is 36.7. The molecule has 0 unspecified atom stereocenters. The van der Waals surface area contributed by atoms with Crippen molar-refractivity contribution in [3.63, 3.8) is 0 Å². The van der Waals surface area contributed by atoms with Crippen LogP contribution in [0.2, 0.25) is 0 Å². The number of aliphatic imine (C=N–C) groups is 1. The third kappa shape index (κ3) is 7.20. The standard InChI is InChI=1S/C19H23F2N3O2.HI/c1-13-4-5-14(18(10-13)25-3)12-24-19(22-2)23-8-9-26-15-6-7-16(20)17(21)11-15;/h4-7,10-11H,8-9,12H2,1-3H3,(H2,22,23,24);1H. The van der Waals surface area contributed by atoms with Gasteiger partial charge in [-0.2, -0.15) is 0 Å². The van der Waals surface area contributed by atoms with Crippen molar-refractivity contribution in [2.45, 2.75) is 13.5 Å². The Morgan fingerprint density at radius 2 is 1.85 bits per heavy atom. The molecule has 0 saturated heterocycles. The lowest BCUT2D eigenvalue weighted by molar-refractivity contribution is 0.318. The van der Waals surface area contributed by atoms with E-state index in [0.717, 1.165) is 29.0 Å². The molecular weight excluding hydrogens is 467 g/mol. The molecular formula is C19H24F2IN3O2. The SMILES string of the molecule is CN=C(NCCOc1ccc(F)c(F)c1)NCc1ccc(C)cc1OC.I. The van der Waals surface area contributed by atoms with E-state index in [1.54, 1.807) is 14.2 Å². The molecule has 0 amide bonds. The molecule has 0 spiro atoms. The van der Waals surface area contributed by atoms with E-state index in [-0.39, 0.29) is 36.3 Å². The van der Waals surface area contributed by atoms with Crippen molar-refractivity contribution in [1.29, 1.82) is 0 Å². The van der Waals surface area contributed by atoms with Gasteiger partial charge in [0.2, 0.25) is 0 Å². The smallest absolute Gasteiger partial charge is 0.191 e. The molecule has 0 bridgehead atoms. The normalized spacial score (nSPS) is 10.8. The number of nitrogens with one attached hydrogen (secondary N) is 2. The van der Waals surface area contributed by atoms with Gasteiger partial charge in [0.05, 0.1) is 13.7 Å². The van der Waals surface area contributed by atoms with Crippen molar-refractivity contribution < 1.29 is 18.3 Å². The van der Waals surface area contributed by atoms with Gasteiger partial charge in [0.25, 0.3) is 0 Å². The number of rotatable bonds is 7. The van der Waals surface area contributed by atoms with E-state index in [1.165, 1.54) is 6.07 Å². The summed E-state index contributed by atoms with van der Waals surface area (Å²) in [4.78, 5) is 4.13. The van der Waals surface area contributed by atoms with E-state index < -0.39 is 11.6 Å². The molecule has 2 aromatic carbocycles. The van der Waals surface area contributed by atoms with Gasteiger partial charge < -0.3 is 20.1 Å². The highest BCUT2D eigenvalue weighted by Gasteiger charge is 2.05. The van der Waals surface area contributed by atoms with Gasteiger partial charge in [-0.05, 0) is 30.7 Å². The van der Waals surface area contributed by atoms with Crippen molar-refractivity contribution in [3.8, 4) is 11.5 Å². The van der Waals surface area contributed by atoms with Gasteiger partial charge in [0.1, 0.15) is 18.1 Å². The number of guanidine groups is 1. The predicted octanol–water partition coefficient (Wildman–Crippen LogP) is 3.64. The van der Waals surface area contributed by atoms with Crippen LogP contribution >= 0.6 is 24.0 Å². The van der Waals surface area contributed by atoms with Crippen LogP contribution in [0.15, 0.2) is 41.4 Å². The summed E-state index contributed by atoms with van der Waals surface area (Å²) in [6.07, 6.45) is 0. The Labute approximate surface area is 175 Å². The Morgan fingerprint density at radius 3 is 2.52 bits per heavy atom. The second-order valence-corrected chi connectivity index (χ2v) is 5.59. The van der Waals surface area contributed by atoms with Crippen molar-refractivity contribution in [1.82, 2.24) is 10.6 Å². The van der Waals surface area contributed by atoms with Crippen molar-refractivity contribution in [2.75, 3.05) is 27.3 Å². The fourth-order valence-electron chi connectivity index (χ4n) is 2.30. The van der Waals surface area contributed by atoms with E-state index in [4.69, 9.17) is 9.47 Å². The minimum atomic E-state index is -0.931. The molecule has 0 saturated carbocycles.